The van der Waals surface area contributed by atoms with Gasteiger partial charge in [0.2, 0.25) is 0 Å². The number of nitrogens with zero attached hydrogens (tertiary/aromatic N) is 4. The molecule has 0 spiro atoms. The number of cyclic esters (lactones) is 1. The second-order valence-electron chi connectivity index (χ2n) is 7.69. The lowest BCUT2D eigenvalue weighted by atomic mass is 9.96. The van der Waals surface area contributed by atoms with Crippen molar-refractivity contribution in [1.29, 1.82) is 0 Å². The lowest BCUT2D eigenvalue weighted by Gasteiger charge is -2.19. The number of aromatic nitrogens is 3. The first-order valence-electron chi connectivity index (χ1n) is 10.3. The average molecular weight is 441 g/mol. The number of carbonyl (C=O) groups is 2. The van der Waals surface area contributed by atoms with Gasteiger partial charge in [-0.15, -0.1) is 11.7 Å². The lowest BCUT2D eigenvalue weighted by Crippen LogP contribution is -2.26. The largest absolute Gasteiger partial charge is 0.459 e. The van der Waals surface area contributed by atoms with E-state index in [2.05, 4.69) is 23.5 Å². The molecule has 0 saturated carbocycles. The molecule has 9 nitrogen and oxygen atoms in total. The number of anilines is 1. The first-order valence-corrected chi connectivity index (χ1v) is 10.3. The van der Waals surface area contributed by atoms with Gasteiger partial charge in [-0.2, -0.15) is 0 Å². The zero-order valence-electron chi connectivity index (χ0n) is 18.7. The fraction of sp³-hybridized carbons (Fsp3) is 0.391. The van der Waals surface area contributed by atoms with E-state index in [-0.39, 0.29) is 18.7 Å². The number of hydrogen-bond donors (Lipinski definition) is 0. The first-order chi connectivity index (χ1) is 15.3. The number of carbonyl (C=O) groups excluding carboxylic acids is 2. The molecule has 1 fully saturated rings. The maximum Gasteiger partial charge on any atom is 0.414 e. The summed E-state index contributed by atoms with van der Waals surface area (Å²) in [6, 6.07) is 3.91. The van der Waals surface area contributed by atoms with Gasteiger partial charge in [-0.1, -0.05) is 17.9 Å². The third kappa shape index (κ3) is 5.61. The molecule has 3 rings (SSSR count). The van der Waals surface area contributed by atoms with Crippen molar-refractivity contribution >= 4 is 23.3 Å². The van der Waals surface area contributed by atoms with Gasteiger partial charge in [0.25, 0.3) is 0 Å². The summed E-state index contributed by atoms with van der Waals surface area (Å²) >= 11 is 0. The summed E-state index contributed by atoms with van der Waals surface area (Å²) in [6.45, 7) is 14.8. The van der Waals surface area contributed by atoms with Crippen LogP contribution in [0.2, 0.25) is 0 Å². The van der Waals surface area contributed by atoms with Gasteiger partial charge in [0, 0.05) is 12.6 Å². The highest BCUT2D eigenvalue weighted by Gasteiger charge is 2.33. The number of hydrogen-bond acceptors (Lipinski definition) is 7. The highest BCUT2D eigenvalue weighted by molar-refractivity contribution is 5.90. The second-order valence-corrected chi connectivity index (χ2v) is 7.69. The molecule has 170 valence electrons. The molecule has 1 saturated heterocycles. The van der Waals surface area contributed by atoms with Gasteiger partial charge in [0.15, 0.2) is 0 Å². The molecular formula is C23H28N4O5. The molecule has 0 N–H and O–H groups in total. The highest BCUT2D eigenvalue weighted by atomic mass is 16.6. The summed E-state index contributed by atoms with van der Waals surface area (Å²) in [7, 11) is 0. The van der Waals surface area contributed by atoms with E-state index in [0.717, 1.165) is 28.0 Å². The minimum atomic E-state index is -0.407. The van der Waals surface area contributed by atoms with Crippen LogP contribution in [0.3, 0.4) is 0 Å². The zero-order valence-corrected chi connectivity index (χ0v) is 18.7. The number of benzene rings is 1. The Hall–Kier alpha value is -3.46. The van der Waals surface area contributed by atoms with Crippen LogP contribution in [-0.4, -0.2) is 52.9 Å². The second kappa shape index (κ2) is 10.2. The summed E-state index contributed by atoms with van der Waals surface area (Å²) in [6.07, 6.45) is 2.58. The molecule has 1 atom stereocenters. The molecule has 0 bridgehead atoms. The van der Waals surface area contributed by atoms with Crippen LogP contribution in [-0.2, 0) is 32.2 Å². The average Bonchev–Trinajstić information content (AvgIpc) is 3.32. The van der Waals surface area contributed by atoms with Crippen molar-refractivity contribution in [2.24, 2.45) is 0 Å². The van der Waals surface area contributed by atoms with Gasteiger partial charge >= 0.3 is 12.1 Å². The molecule has 1 aliphatic rings. The first kappa shape index (κ1) is 23.2. The van der Waals surface area contributed by atoms with E-state index >= 15 is 0 Å². The van der Waals surface area contributed by atoms with E-state index in [1.54, 1.807) is 21.9 Å². The van der Waals surface area contributed by atoms with Crippen LogP contribution in [0.15, 0.2) is 37.6 Å². The van der Waals surface area contributed by atoms with Crippen molar-refractivity contribution in [1.82, 2.24) is 15.0 Å². The topological polar surface area (TPSA) is 95.8 Å². The van der Waals surface area contributed by atoms with Crippen LogP contribution < -0.4 is 4.90 Å². The predicted molar refractivity (Wildman–Crippen MR) is 119 cm³/mol. The Balaban J connectivity index is 1.66. The van der Waals surface area contributed by atoms with Gasteiger partial charge in [0.05, 0.1) is 32.5 Å². The van der Waals surface area contributed by atoms with Gasteiger partial charge in [-0.25, -0.2) is 9.48 Å². The van der Waals surface area contributed by atoms with Crippen LogP contribution in [0.1, 0.15) is 29.3 Å². The van der Waals surface area contributed by atoms with Crippen molar-refractivity contribution in [3.8, 4) is 0 Å². The minimum Gasteiger partial charge on any atom is -0.459 e. The van der Waals surface area contributed by atoms with Crippen LogP contribution in [0.4, 0.5) is 10.5 Å². The SMILES string of the molecule is C=CCOCC(=C)c1c(C)cc(N2CC(Cn3cc(COC(C)=O)nn3)OC2=O)cc1C. The van der Waals surface area contributed by atoms with Crippen LogP contribution >= 0.6 is 0 Å². The highest BCUT2D eigenvalue weighted by Crippen LogP contribution is 2.30. The Morgan fingerprint density at radius 1 is 1.34 bits per heavy atom. The van der Waals surface area contributed by atoms with Crippen molar-refractivity contribution in [2.45, 2.75) is 40.0 Å². The summed E-state index contributed by atoms with van der Waals surface area (Å²) < 4.78 is 17.5. The van der Waals surface area contributed by atoms with Crippen LogP contribution in [0.25, 0.3) is 5.57 Å². The van der Waals surface area contributed by atoms with E-state index in [1.807, 2.05) is 26.0 Å². The molecule has 0 radical (unpaired) electrons. The van der Waals surface area contributed by atoms with Gasteiger partial charge in [0.1, 0.15) is 18.4 Å². The van der Waals surface area contributed by atoms with E-state index in [0.29, 0.717) is 32.0 Å². The maximum atomic E-state index is 12.5. The molecule has 2 aromatic rings. The van der Waals surface area contributed by atoms with Crippen molar-refractivity contribution in [2.75, 3.05) is 24.7 Å². The Morgan fingerprint density at radius 2 is 2.06 bits per heavy atom. The number of esters is 1. The third-order valence-electron chi connectivity index (χ3n) is 4.97. The smallest absolute Gasteiger partial charge is 0.414 e. The predicted octanol–water partition coefficient (Wildman–Crippen LogP) is 3.20. The van der Waals surface area contributed by atoms with Crippen molar-refractivity contribution < 1.29 is 23.8 Å². The Bertz CT molecular complexity index is 1010. The number of rotatable bonds is 10. The summed E-state index contributed by atoms with van der Waals surface area (Å²) in [5.41, 5.74) is 5.23. The van der Waals surface area contributed by atoms with Crippen molar-refractivity contribution in [3.05, 3.63) is 59.9 Å². The molecule has 1 aromatic heterocycles. The zero-order chi connectivity index (χ0) is 23.3. The van der Waals surface area contributed by atoms with E-state index < -0.39 is 6.09 Å². The molecule has 32 heavy (non-hydrogen) atoms. The normalized spacial score (nSPS) is 15.5. The monoisotopic (exact) mass is 440 g/mol. The molecule has 1 unspecified atom stereocenters. The van der Waals surface area contributed by atoms with E-state index in [1.165, 1.54) is 6.92 Å². The van der Waals surface area contributed by atoms with Crippen molar-refractivity contribution in [3.63, 3.8) is 0 Å². The summed E-state index contributed by atoms with van der Waals surface area (Å²) in [5.74, 6) is -0.385. The molecule has 1 aliphatic heterocycles. The Labute approximate surface area is 187 Å². The van der Waals surface area contributed by atoms with E-state index in [9.17, 15) is 9.59 Å². The van der Waals surface area contributed by atoms with Crippen LogP contribution in [0.5, 0.6) is 0 Å². The number of aryl methyl sites for hydroxylation is 2. The quantitative estimate of drug-likeness (QED) is 0.318. The standard InChI is InChI=1S/C23H28N4O5/c1-6-7-30-13-17(4)22-15(2)8-20(9-16(22)3)27-12-21(32-23(27)29)11-26-10-19(24-25-26)14-31-18(5)28/h6,8-10,21H,1,4,7,11-14H2,2-3,5H3. The maximum absolute atomic E-state index is 12.5. The van der Waals surface area contributed by atoms with Gasteiger partial charge in [-0.3, -0.25) is 9.69 Å². The summed E-state index contributed by atoms with van der Waals surface area (Å²) in [4.78, 5) is 25.1. The molecular weight excluding hydrogens is 412 g/mol. The fourth-order valence-corrected chi connectivity index (χ4v) is 3.70. The Kier molecular flexibility index (Phi) is 7.42. The minimum absolute atomic E-state index is 0.0563. The number of ether oxygens (including phenoxy) is 3. The van der Waals surface area contributed by atoms with E-state index in [4.69, 9.17) is 14.2 Å². The molecule has 1 amide bonds. The van der Waals surface area contributed by atoms with Crippen LogP contribution in [0, 0.1) is 13.8 Å². The number of amides is 1. The van der Waals surface area contributed by atoms with Gasteiger partial charge in [-0.05, 0) is 48.2 Å². The summed E-state index contributed by atoms with van der Waals surface area (Å²) in [5, 5.41) is 7.97. The lowest BCUT2D eigenvalue weighted by molar-refractivity contribution is -0.142. The molecule has 9 heteroatoms. The molecule has 0 aliphatic carbocycles. The fourth-order valence-electron chi connectivity index (χ4n) is 3.70. The van der Waals surface area contributed by atoms with Gasteiger partial charge < -0.3 is 14.2 Å². The third-order valence-corrected chi connectivity index (χ3v) is 4.97. The molecule has 2 heterocycles. The Morgan fingerprint density at radius 3 is 2.72 bits per heavy atom. The molecule has 1 aromatic carbocycles.